The van der Waals surface area contributed by atoms with E-state index in [1.807, 2.05) is 19.9 Å². The van der Waals surface area contributed by atoms with Crippen molar-refractivity contribution in [2.45, 2.75) is 25.7 Å². The van der Waals surface area contributed by atoms with Crippen molar-refractivity contribution in [1.82, 2.24) is 19.5 Å². The van der Waals surface area contributed by atoms with Crippen molar-refractivity contribution < 1.29 is 17.9 Å². The third kappa shape index (κ3) is 5.90. The number of carbonyl (C=O) groups excluding carboxylic acids is 1. The molecule has 200 valence electrons. The van der Waals surface area contributed by atoms with Crippen LogP contribution < -0.4 is 15.0 Å². The molecule has 3 aromatic rings. The van der Waals surface area contributed by atoms with E-state index in [4.69, 9.17) is 9.72 Å². The van der Waals surface area contributed by atoms with Crippen molar-refractivity contribution in [1.29, 1.82) is 0 Å². The monoisotopic (exact) mass is 545 g/mol. The van der Waals surface area contributed by atoms with Gasteiger partial charge >= 0.3 is 0 Å². The highest BCUT2D eigenvalue weighted by atomic mass is 32.2. The molecule has 0 aliphatic carbocycles. The smallest absolute Gasteiger partial charge is 0.251 e. The number of aryl methyl sites for hydroxylation is 1. The van der Waals surface area contributed by atoms with E-state index in [2.05, 4.69) is 28.1 Å². The van der Waals surface area contributed by atoms with E-state index in [9.17, 15) is 13.2 Å². The predicted octanol–water partition coefficient (Wildman–Crippen LogP) is 3.20. The molecule has 1 aliphatic rings. The molecule has 0 bridgehead atoms. The van der Waals surface area contributed by atoms with Crippen LogP contribution in [-0.2, 0) is 10.0 Å². The lowest BCUT2D eigenvalue weighted by Gasteiger charge is -2.34. The fraction of sp³-hybridized carbons (Fsp3) is 0.462. The second-order valence-corrected chi connectivity index (χ2v) is 11.9. The number of nitrogens with one attached hydrogen (secondary N) is 1. The van der Waals surface area contributed by atoms with Gasteiger partial charge in [0.1, 0.15) is 11.3 Å². The quantitative estimate of drug-likeness (QED) is 0.418. The van der Waals surface area contributed by atoms with Gasteiger partial charge in [0.15, 0.2) is 5.13 Å². The number of ether oxygens (including phenoxy) is 1. The van der Waals surface area contributed by atoms with Crippen LogP contribution in [0.5, 0.6) is 5.75 Å². The lowest BCUT2D eigenvalue weighted by Crippen LogP contribution is -2.48. The number of hydrogen-bond acceptors (Lipinski definition) is 8. The van der Waals surface area contributed by atoms with Crippen LogP contribution in [-0.4, -0.2) is 88.0 Å². The Morgan fingerprint density at radius 2 is 1.76 bits per heavy atom. The second-order valence-electron chi connectivity index (χ2n) is 8.96. The maximum atomic E-state index is 12.6. The molecule has 1 N–H and O–H groups in total. The number of aromatic nitrogens is 1. The largest absolute Gasteiger partial charge is 0.494 e. The van der Waals surface area contributed by atoms with Gasteiger partial charge in [-0.05, 0) is 42.8 Å². The molecule has 11 heteroatoms. The number of carbonyl (C=O) groups is 1. The molecule has 0 spiro atoms. The summed E-state index contributed by atoms with van der Waals surface area (Å²) in [6.07, 6.45) is 0. The van der Waals surface area contributed by atoms with E-state index in [0.717, 1.165) is 53.8 Å². The van der Waals surface area contributed by atoms with Gasteiger partial charge in [-0.1, -0.05) is 31.3 Å². The van der Waals surface area contributed by atoms with Crippen LogP contribution in [0.1, 0.15) is 29.8 Å². The predicted molar refractivity (Wildman–Crippen MR) is 148 cm³/mol. The molecular weight excluding hydrogens is 510 g/mol. The number of amides is 1. The first-order chi connectivity index (χ1) is 17.8. The number of methoxy groups -OCH3 is 1. The Labute approximate surface area is 223 Å². The van der Waals surface area contributed by atoms with E-state index >= 15 is 0 Å². The van der Waals surface area contributed by atoms with Crippen molar-refractivity contribution in [3.8, 4) is 5.75 Å². The van der Waals surface area contributed by atoms with Crippen molar-refractivity contribution in [3.63, 3.8) is 0 Å². The second kappa shape index (κ2) is 11.8. The highest BCUT2D eigenvalue weighted by molar-refractivity contribution is 7.89. The number of anilines is 1. The Kier molecular flexibility index (Phi) is 8.68. The Hall–Kier alpha value is -2.73. The van der Waals surface area contributed by atoms with Crippen molar-refractivity contribution in [2.75, 3.05) is 64.4 Å². The zero-order valence-corrected chi connectivity index (χ0v) is 23.5. The Morgan fingerprint density at radius 3 is 2.38 bits per heavy atom. The summed E-state index contributed by atoms with van der Waals surface area (Å²) in [7, 11) is -1.86. The zero-order chi connectivity index (χ0) is 26.6. The number of nitrogens with zero attached hydrogens (tertiary/aromatic N) is 4. The third-order valence-corrected chi connectivity index (χ3v) is 10.0. The minimum Gasteiger partial charge on any atom is -0.494 e. The zero-order valence-electron chi connectivity index (χ0n) is 21.9. The average molecular weight is 546 g/mol. The van der Waals surface area contributed by atoms with Crippen LogP contribution in [0.4, 0.5) is 5.13 Å². The summed E-state index contributed by atoms with van der Waals surface area (Å²) in [5.74, 6) is 0.599. The van der Waals surface area contributed by atoms with Gasteiger partial charge in [0.2, 0.25) is 10.0 Å². The van der Waals surface area contributed by atoms with Crippen LogP contribution in [0.3, 0.4) is 0 Å². The molecule has 1 aromatic heterocycles. The van der Waals surface area contributed by atoms with Crippen LogP contribution in [0.15, 0.2) is 41.3 Å². The summed E-state index contributed by atoms with van der Waals surface area (Å²) in [6.45, 7) is 11.3. The molecule has 1 amide bonds. The number of sulfonamides is 1. The summed E-state index contributed by atoms with van der Waals surface area (Å²) < 4.78 is 33.3. The molecule has 37 heavy (non-hydrogen) atoms. The number of thiazole rings is 1. The Morgan fingerprint density at radius 1 is 1.08 bits per heavy atom. The van der Waals surface area contributed by atoms with Crippen LogP contribution in [0.2, 0.25) is 0 Å². The van der Waals surface area contributed by atoms with E-state index in [0.29, 0.717) is 25.2 Å². The summed E-state index contributed by atoms with van der Waals surface area (Å²) in [4.78, 5) is 22.3. The van der Waals surface area contributed by atoms with Gasteiger partial charge < -0.3 is 15.0 Å². The van der Waals surface area contributed by atoms with Crippen LogP contribution >= 0.6 is 11.3 Å². The SMILES string of the molecule is CCN(CC)S(=O)(=O)c1ccc(C(=O)NCCN2CCN(c3nc4c(OC)ccc(C)c4s3)CC2)cc1. The standard InChI is InChI=1S/C26H35N5O4S2/c1-5-31(6-2)37(33,34)21-10-8-20(9-11-21)25(32)27-13-14-29-15-17-30(18-16-29)26-28-23-22(35-4)12-7-19(3)24(23)36-26/h7-12H,5-6,13-18H2,1-4H3,(H,27,32). The molecule has 2 aromatic carbocycles. The molecule has 4 rings (SSSR count). The van der Waals surface area contributed by atoms with Gasteiger partial charge in [-0.3, -0.25) is 9.69 Å². The van der Waals surface area contributed by atoms with Crippen molar-refractivity contribution in [2.24, 2.45) is 0 Å². The van der Waals surface area contributed by atoms with Crippen molar-refractivity contribution in [3.05, 3.63) is 47.5 Å². The van der Waals surface area contributed by atoms with E-state index in [1.165, 1.54) is 22.0 Å². The van der Waals surface area contributed by atoms with Crippen molar-refractivity contribution >= 4 is 42.6 Å². The molecule has 1 aliphatic heterocycles. The lowest BCUT2D eigenvalue weighted by atomic mass is 10.2. The number of rotatable bonds is 10. The number of piperazine rings is 1. The molecule has 1 fully saturated rings. The highest BCUT2D eigenvalue weighted by Gasteiger charge is 2.23. The van der Waals surface area contributed by atoms with Crippen LogP contribution in [0.25, 0.3) is 10.2 Å². The Balaban J connectivity index is 1.26. The Bertz CT molecular complexity index is 1330. The van der Waals surface area contributed by atoms with Gasteiger partial charge in [0.05, 0.1) is 16.7 Å². The summed E-state index contributed by atoms with van der Waals surface area (Å²) in [5.41, 5.74) is 2.57. The molecule has 1 saturated heterocycles. The number of hydrogen-bond donors (Lipinski definition) is 1. The maximum absolute atomic E-state index is 12.6. The minimum atomic E-state index is -3.53. The number of benzene rings is 2. The molecular formula is C26H35N5O4S2. The molecule has 2 heterocycles. The fourth-order valence-electron chi connectivity index (χ4n) is 4.48. The summed E-state index contributed by atoms with van der Waals surface area (Å²) >= 11 is 1.71. The number of fused-ring (bicyclic) bond motifs is 1. The van der Waals surface area contributed by atoms with E-state index in [1.54, 1.807) is 30.6 Å². The molecule has 0 radical (unpaired) electrons. The lowest BCUT2D eigenvalue weighted by molar-refractivity contribution is 0.0947. The topological polar surface area (TPSA) is 95.1 Å². The molecule has 9 nitrogen and oxygen atoms in total. The summed E-state index contributed by atoms with van der Waals surface area (Å²) in [5, 5.41) is 3.97. The van der Waals surface area contributed by atoms with Gasteiger partial charge in [-0.2, -0.15) is 4.31 Å². The molecule has 0 saturated carbocycles. The third-order valence-electron chi connectivity index (χ3n) is 6.73. The van der Waals surface area contributed by atoms with E-state index < -0.39 is 10.0 Å². The first kappa shape index (κ1) is 27.3. The minimum absolute atomic E-state index is 0.201. The van der Waals surface area contributed by atoms with Gasteiger partial charge in [-0.25, -0.2) is 13.4 Å². The van der Waals surface area contributed by atoms with Gasteiger partial charge in [-0.15, -0.1) is 0 Å². The fourth-order valence-corrected chi connectivity index (χ4v) is 7.04. The first-order valence-electron chi connectivity index (χ1n) is 12.6. The average Bonchev–Trinajstić information content (AvgIpc) is 3.36. The normalized spacial score (nSPS) is 14.9. The van der Waals surface area contributed by atoms with Gasteiger partial charge in [0.25, 0.3) is 5.91 Å². The first-order valence-corrected chi connectivity index (χ1v) is 14.8. The summed E-state index contributed by atoms with van der Waals surface area (Å²) in [6, 6.07) is 10.2. The molecule has 0 unspecified atom stereocenters. The van der Waals surface area contributed by atoms with Crippen LogP contribution in [0, 0.1) is 6.92 Å². The molecule has 0 atom stereocenters. The van der Waals surface area contributed by atoms with Gasteiger partial charge in [0, 0.05) is 57.9 Å². The highest BCUT2D eigenvalue weighted by Crippen LogP contribution is 2.36. The maximum Gasteiger partial charge on any atom is 0.251 e. The van der Waals surface area contributed by atoms with E-state index in [-0.39, 0.29) is 10.8 Å².